The average Bonchev–Trinajstić information content (AvgIpc) is 2.02. The van der Waals surface area contributed by atoms with Gasteiger partial charge in [-0.3, -0.25) is 0 Å². The minimum Gasteiger partial charge on any atom is -0.165 e. The first-order valence-corrected chi connectivity index (χ1v) is 7.42. The Bertz CT molecular complexity index is 118. The Morgan fingerprint density at radius 3 is 2.23 bits per heavy atom. The minimum absolute atomic E-state index is 0.416. The lowest BCUT2D eigenvalue weighted by molar-refractivity contribution is 0.378. The van der Waals surface area contributed by atoms with E-state index in [-0.39, 0.29) is 0 Å². The van der Waals surface area contributed by atoms with Crippen molar-refractivity contribution in [1.82, 2.24) is 0 Å². The summed E-state index contributed by atoms with van der Waals surface area (Å²) < 4.78 is 0. The van der Waals surface area contributed by atoms with Gasteiger partial charge in [0, 0.05) is 4.83 Å². The largest absolute Gasteiger partial charge is 0.165 e. The van der Waals surface area contributed by atoms with E-state index < -0.39 is 0 Å². The molecule has 0 aromatic rings. The van der Waals surface area contributed by atoms with E-state index in [4.69, 9.17) is 0 Å². The number of hydrogen-bond acceptors (Lipinski definition) is 1. The molecule has 0 saturated carbocycles. The van der Waals surface area contributed by atoms with Gasteiger partial charge in [-0.2, -0.15) is 11.8 Å². The van der Waals surface area contributed by atoms with Crippen LogP contribution in [0.15, 0.2) is 0 Å². The third-order valence-electron chi connectivity index (χ3n) is 2.25. The summed E-state index contributed by atoms with van der Waals surface area (Å²) in [6.45, 7) is 6.90. The van der Waals surface area contributed by atoms with Crippen molar-refractivity contribution in [3.05, 3.63) is 0 Å². The molecule has 0 aromatic heterocycles. The molecule has 0 saturated heterocycles. The van der Waals surface area contributed by atoms with Crippen LogP contribution in [0.5, 0.6) is 0 Å². The second-order valence-corrected chi connectivity index (χ2v) is 6.77. The molecule has 0 fully saturated rings. The van der Waals surface area contributed by atoms with E-state index in [1.54, 1.807) is 0 Å². The van der Waals surface area contributed by atoms with Gasteiger partial charge < -0.3 is 0 Å². The molecular formula is C11H23BrS. The van der Waals surface area contributed by atoms with Gasteiger partial charge in [-0.05, 0) is 30.3 Å². The van der Waals surface area contributed by atoms with Crippen molar-refractivity contribution in [2.45, 2.75) is 51.3 Å². The summed E-state index contributed by atoms with van der Waals surface area (Å²) in [6, 6.07) is 0. The Kier molecular flexibility index (Phi) is 7.62. The van der Waals surface area contributed by atoms with E-state index in [2.05, 4.69) is 43.0 Å². The first kappa shape index (κ1) is 13.8. The van der Waals surface area contributed by atoms with Crippen molar-refractivity contribution < 1.29 is 0 Å². The Morgan fingerprint density at radius 1 is 1.15 bits per heavy atom. The highest BCUT2D eigenvalue weighted by atomic mass is 79.9. The van der Waals surface area contributed by atoms with Gasteiger partial charge in [-0.25, -0.2) is 0 Å². The van der Waals surface area contributed by atoms with E-state index in [9.17, 15) is 0 Å². The molecule has 0 nitrogen and oxygen atoms in total. The number of thioether (sulfide) groups is 1. The molecule has 13 heavy (non-hydrogen) atoms. The molecule has 0 heterocycles. The molecular weight excluding hydrogens is 244 g/mol. The molecule has 0 bridgehead atoms. The highest BCUT2D eigenvalue weighted by molar-refractivity contribution is 9.09. The smallest absolute Gasteiger partial charge is 0.0194 e. The second-order valence-electron chi connectivity index (χ2n) is 4.68. The maximum atomic E-state index is 3.76. The lowest BCUT2D eigenvalue weighted by Gasteiger charge is -2.25. The molecule has 0 aromatic carbocycles. The number of hydrogen-bond donors (Lipinski definition) is 0. The minimum atomic E-state index is 0.416. The predicted molar refractivity (Wildman–Crippen MR) is 69.0 cm³/mol. The Hall–Kier alpha value is 0.830. The number of rotatable bonds is 6. The summed E-state index contributed by atoms with van der Waals surface area (Å²) in [7, 11) is 0. The van der Waals surface area contributed by atoms with Crippen molar-refractivity contribution in [3.8, 4) is 0 Å². The van der Waals surface area contributed by atoms with Gasteiger partial charge in [-0.15, -0.1) is 0 Å². The van der Waals surface area contributed by atoms with Crippen molar-refractivity contribution >= 4 is 27.7 Å². The van der Waals surface area contributed by atoms with Crippen LogP contribution in [0.25, 0.3) is 0 Å². The molecule has 0 aliphatic heterocycles. The lowest BCUT2D eigenvalue weighted by atomic mass is 9.89. The van der Waals surface area contributed by atoms with Crippen LogP contribution in [-0.2, 0) is 0 Å². The fourth-order valence-electron chi connectivity index (χ4n) is 1.18. The van der Waals surface area contributed by atoms with E-state index in [0.717, 1.165) is 0 Å². The summed E-state index contributed by atoms with van der Waals surface area (Å²) in [5, 5.41) is 0. The monoisotopic (exact) mass is 266 g/mol. The summed E-state index contributed by atoms with van der Waals surface area (Å²) in [4.78, 5) is 0.675. The SMILES string of the molecule is CSCCCCCC(Br)C(C)(C)C. The Labute approximate surface area is 96.4 Å². The number of alkyl halides is 1. The predicted octanol–water partition coefficient (Wildman–Crippen LogP) is 4.72. The van der Waals surface area contributed by atoms with E-state index in [1.165, 1.54) is 31.4 Å². The maximum Gasteiger partial charge on any atom is 0.0194 e. The Morgan fingerprint density at radius 2 is 1.77 bits per heavy atom. The normalized spacial score (nSPS) is 14.5. The van der Waals surface area contributed by atoms with Gasteiger partial charge in [0.2, 0.25) is 0 Å². The van der Waals surface area contributed by atoms with Crippen LogP contribution in [0, 0.1) is 5.41 Å². The molecule has 0 aliphatic carbocycles. The standard InChI is InChI=1S/C11H23BrS/c1-11(2,3)10(12)8-6-5-7-9-13-4/h10H,5-9H2,1-4H3. The van der Waals surface area contributed by atoms with E-state index in [0.29, 0.717) is 10.2 Å². The van der Waals surface area contributed by atoms with Crippen molar-refractivity contribution in [2.24, 2.45) is 5.41 Å². The maximum absolute atomic E-state index is 3.76. The third-order valence-corrected chi connectivity index (χ3v) is 4.77. The molecule has 2 heteroatoms. The van der Waals surface area contributed by atoms with Crippen LogP contribution in [0.1, 0.15) is 46.5 Å². The van der Waals surface area contributed by atoms with Crippen molar-refractivity contribution in [2.75, 3.05) is 12.0 Å². The van der Waals surface area contributed by atoms with Crippen LogP contribution in [0.3, 0.4) is 0 Å². The lowest BCUT2D eigenvalue weighted by Crippen LogP contribution is -2.19. The average molecular weight is 267 g/mol. The fourth-order valence-corrected chi connectivity index (χ4v) is 2.00. The summed E-state index contributed by atoms with van der Waals surface area (Å²) >= 11 is 5.72. The molecule has 0 N–H and O–H groups in total. The summed E-state index contributed by atoms with van der Waals surface area (Å²) in [6.07, 6.45) is 7.64. The number of halogens is 1. The molecule has 0 aliphatic rings. The zero-order valence-corrected chi connectivity index (χ0v) is 11.8. The second kappa shape index (κ2) is 7.17. The van der Waals surface area contributed by atoms with Crippen molar-refractivity contribution in [3.63, 3.8) is 0 Å². The zero-order chi connectivity index (χ0) is 10.3. The molecule has 0 amide bonds. The molecule has 1 atom stereocenters. The van der Waals surface area contributed by atoms with E-state index >= 15 is 0 Å². The third kappa shape index (κ3) is 7.87. The van der Waals surface area contributed by atoms with Gasteiger partial charge in [0.1, 0.15) is 0 Å². The first-order chi connectivity index (χ1) is 5.98. The van der Waals surface area contributed by atoms with Crippen LogP contribution in [0.4, 0.5) is 0 Å². The zero-order valence-electron chi connectivity index (χ0n) is 9.40. The number of unbranched alkanes of at least 4 members (excludes halogenated alkanes) is 2. The molecule has 1 unspecified atom stereocenters. The van der Waals surface area contributed by atoms with Gasteiger partial charge in [0.05, 0.1) is 0 Å². The highest BCUT2D eigenvalue weighted by Crippen LogP contribution is 2.30. The molecule has 0 spiro atoms. The topological polar surface area (TPSA) is 0 Å². The van der Waals surface area contributed by atoms with Gasteiger partial charge >= 0.3 is 0 Å². The summed E-state index contributed by atoms with van der Waals surface area (Å²) in [5.74, 6) is 1.32. The van der Waals surface area contributed by atoms with Crippen LogP contribution < -0.4 is 0 Å². The van der Waals surface area contributed by atoms with Gasteiger partial charge in [0.25, 0.3) is 0 Å². The van der Waals surface area contributed by atoms with Crippen molar-refractivity contribution in [1.29, 1.82) is 0 Å². The van der Waals surface area contributed by atoms with Crippen LogP contribution >= 0.6 is 27.7 Å². The van der Waals surface area contributed by atoms with Crippen LogP contribution in [0.2, 0.25) is 0 Å². The van der Waals surface area contributed by atoms with Crippen LogP contribution in [-0.4, -0.2) is 16.8 Å². The van der Waals surface area contributed by atoms with Gasteiger partial charge in [0.15, 0.2) is 0 Å². The molecule has 0 radical (unpaired) electrons. The molecule has 80 valence electrons. The van der Waals surface area contributed by atoms with Gasteiger partial charge in [-0.1, -0.05) is 49.5 Å². The molecule has 0 rings (SSSR count). The summed E-state index contributed by atoms with van der Waals surface area (Å²) in [5.41, 5.74) is 0.416. The van der Waals surface area contributed by atoms with E-state index in [1.807, 2.05) is 11.8 Å². The fraction of sp³-hybridized carbons (Fsp3) is 1.00. The first-order valence-electron chi connectivity index (χ1n) is 5.11. The quantitative estimate of drug-likeness (QED) is 0.495. The highest BCUT2D eigenvalue weighted by Gasteiger charge is 2.20. The Balaban J connectivity index is 3.32.